The molecule has 0 saturated carbocycles. The van der Waals surface area contributed by atoms with Crippen LogP contribution in [0, 0.1) is 0 Å². The van der Waals surface area contributed by atoms with Gasteiger partial charge in [0.1, 0.15) is 6.20 Å². The maximum Gasteiger partial charge on any atom is 0.205 e. The van der Waals surface area contributed by atoms with Crippen molar-refractivity contribution in [3.63, 3.8) is 0 Å². The Kier molecular flexibility index (Phi) is 22.1. The number of rotatable bonds is 21. The Morgan fingerprint density at radius 2 is 1.00 bits per heavy atom. The fraction of sp³-hybridized carbons (Fsp3) is 0.885. The summed E-state index contributed by atoms with van der Waals surface area (Å²) < 4.78 is 0. The Balaban J connectivity index is 0.00000784. The average Bonchev–Trinajstić information content (AvgIpc) is 3.15. The van der Waals surface area contributed by atoms with Gasteiger partial charge in [-0.2, -0.15) is 0 Å². The Bertz CT molecular complexity index is 392. The van der Waals surface area contributed by atoms with Crippen LogP contribution in [0.25, 0.3) is 0 Å². The van der Waals surface area contributed by atoms with Crippen LogP contribution in [0.1, 0.15) is 142 Å². The first kappa shape index (κ1) is 28.7. The van der Waals surface area contributed by atoms with Crippen LogP contribution in [-0.2, 0) is 0 Å². The quantitative estimate of drug-likeness (QED) is 0.258. The van der Waals surface area contributed by atoms with Crippen LogP contribution < -0.4 is 17.3 Å². The zero-order valence-electron chi connectivity index (χ0n) is 19.8. The number of aliphatic imine (C=N–C) groups is 1. The summed E-state index contributed by atoms with van der Waals surface area (Å²) in [6, 6.07) is 0. The van der Waals surface area contributed by atoms with E-state index in [9.17, 15) is 0 Å². The van der Waals surface area contributed by atoms with Crippen molar-refractivity contribution in [3.05, 3.63) is 12.4 Å². The van der Waals surface area contributed by atoms with Crippen LogP contribution in [-0.4, -0.2) is 12.4 Å². The number of amidine groups is 1. The fourth-order valence-electron chi connectivity index (χ4n) is 4.26. The third-order valence-electron chi connectivity index (χ3n) is 6.19. The molecular weight excluding hydrogens is 376 g/mol. The second kappa shape index (κ2) is 22.3. The Labute approximate surface area is 189 Å². The lowest BCUT2D eigenvalue weighted by molar-refractivity contribution is -0.746. The molecule has 172 valence electrons. The minimum Gasteiger partial charge on any atom is -1.00 e. The van der Waals surface area contributed by atoms with Crippen molar-refractivity contribution >= 4 is 5.84 Å². The topological polar surface area (TPSA) is 16.8 Å². The molecule has 0 spiro atoms. The average molecular weight is 427 g/mol. The maximum absolute atomic E-state index is 4.65. The smallest absolute Gasteiger partial charge is 0.205 e. The monoisotopic (exact) mass is 426 g/mol. The van der Waals surface area contributed by atoms with E-state index in [1.807, 2.05) is 6.20 Å². The summed E-state index contributed by atoms with van der Waals surface area (Å²) in [4.78, 5) is 6.19. The molecule has 1 N–H and O–H groups in total. The molecule has 3 heteroatoms. The number of halogens is 1. The van der Waals surface area contributed by atoms with E-state index < -0.39 is 0 Å². The van der Waals surface area contributed by atoms with Gasteiger partial charge < -0.3 is 12.4 Å². The number of hydrogen-bond acceptors (Lipinski definition) is 1. The van der Waals surface area contributed by atoms with Crippen molar-refractivity contribution in [2.24, 2.45) is 4.99 Å². The molecule has 0 aromatic rings. The number of unbranched alkanes of at least 4 members (excludes halogenated alkanes) is 17. The highest BCUT2D eigenvalue weighted by atomic mass is 35.5. The Morgan fingerprint density at radius 3 is 1.48 bits per heavy atom. The first-order chi connectivity index (χ1) is 13.9. The van der Waals surface area contributed by atoms with Crippen LogP contribution in [0.4, 0.5) is 0 Å². The highest BCUT2D eigenvalue weighted by Crippen LogP contribution is 2.11. The van der Waals surface area contributed by atoms with Gasteiger partial charge in [-0.15, -0.1) is 0 Å². The van der Waals surface area contributed by atoms with E-state index in [4.69, 9.17) is 0 Å². The zero-order valence-corrected chi connectivity index (χ0v) is 20.6. The van der Waals surface area contributed by atoms with Crippen LogP contribution in [0.3, 0.4) is 0 Å². The van der Waals surface area contributed by atoms with E-state index in [1.165, 1.54) is 141 Å². The van der Waals surface area contributed by atoms with E-state index in [2.05, 4.69) is 25.0 Å². The summed E-state index contributed by atoms with van der Waals surface area (Å²) in [6.45, 7) is 5.84. The predicted octanol–water partition coefficient (Wildman–Crippen LogP) is 4.60. The van der Waals surface area contributed by atoms with Gasteiger partial charge in [0, 0.05) is 6.42 Å². The normalized spacial score (nSPS) is 15.5. The zero-order chi connectivity index (χ0) is 20.1. The number of nitrogens with zero attached hydrogens (tertiary/aromatic N) is 1. The van der Waals surface area contributed by atoms with Crippen molar-refractivity contribution in [3.8, 4) is 0 Å². The minimum atomic E-state index is 0. The van der Waals surface area contributed by atoms with Crippen molar-refractivity contribution in [2.45, 2.75) is 142 Å². The standard InChI is InChI=1S/C26H50N2.ClH/c1-3-5-7-9-11-13-15-17-19-21-24-28-25-23-27-26(28)22-20-18-16-14-12-10-8-6-4-2;/h23,25H,3-22,24H2,1-2H3;1H. The number of nitrogens with one attached hydrogen (secondary N) is 1. The van der Waals surface area contributed by atoms with Gasteiger partial charge in [0.15, 0.2) is 0 Å². The molecule has 0 radical (unpaired) electrons. The van der Waals surface area contributed by atoms with Crippen LogP contribution in [0.5, 0.6) is 0 Å². The van der Waals surface area contributed by atoms with Crippen molar-refractivity contribution in [2.75, 3.05) is 6.54 Å². The highest BCUT2D eigenvalue weighted by Gasteiger charge is 2.17. The lowest BCUT2D eigenvalue weighted by Gasteiger charge is -2.12. The molecule has 0 fully saturated rings. The first-order valence-corrected chi connectivity index (χ1v) is 13.0. The lowest BCUT2D eigenvalue weighted by Crippen LogP contribution is -3.09. The summed E-state index contributed by atoms with van der Waals surface area (Å²) in [6.07, 6.45) is 32.4. The molecule has 0 aromatic carbocycles. The van der Waals surface area contributed by atoms with Gasteiger partial charge >= 0.3 is 0 Å². The van der Waals surface area contributed by atoms with Gasteiger partial charge in [-0.1, -0.05) is 117 Å². The second-order valence-corrected chi connectivity index (χ2v) is 8.93. The Morgan fingerprint density at radius 1 is 0.586 bits per heavy atom. The van der Waals surface area contributed by atoms with E-state index in [-0.39, 0.29) is 12.4 Å². The van der Waals surface area contributed by atoms with Gasteiger partial charge in [-0.25, -0.2) is 4.99 Å². The van der Waals surface area contributed by atoms with Gasteiger partial charge in [0.25, 0.3) is 0 Å². The van der Waals surface area contributed by atoms with Gasteiger partial charge in [0.2, 0.25) is 5.84 Å². The third-order valence-corrected chi connectivity index (χ3v) is 6.19. The molecule has 1 aliphatic heterocycles. The molecule has 0 aromatic heterocycles. The lowest BCUT2D eigenvalue weighted by atomic mass is 10.1. The molecule has 0 bridgehead atoms. The summed E-state index contributed by atoms with van der Waals surface area (Å²) >= 11 is 0. The van der Waals surface area contributed by atoms with Crippen LogP contribution in [0.2, 0.25) is 0 Å². The molecule has 1 heterocycles. The van der Waals surface area contributed by atoms with Gasteiger partial charge in [-0.05, 0) is 19.3 Å². The SMILES string of the molecule is CCCCCCCCCCCC[NH+]1C=CN=C1CCCCCCCCCCC.[Cl-]. The minimum absolute atomic E-state index is 0. The van der Waals surface area contributed by atoms with Crippen molar-refractivity contribution < 1.29 is 17.3 Å². The van der Waals surface area contributed by atoms with Gasteiger partial charge in [-0.3, -0.25) is 4.90 Å². The molecule has 0 saturated heterocycles. The third kappa shape index (κ3) is 17.1. The molecular formula is C26H51ClN2. The fourth-order valence-corrected chi connectivity index (χ4v) is 4.26. The molecule has 2 nitrogen and oxygen atoms in total. The summed E-state index contributed by atoms with van der Waals surface area (Å²) in [5, 5.41) is 0. The van der Waals surface area contributed by atoms with E-state index in [0.29, 0.717) is 0 Å². The van der Waals surface area contributed by atoms with E-state index >= 15 is 0 Å². The maximum atomic E-state index is 4.65. The second-order valence-electron chi connectivity index (χ2n) is 8.93. The summed E-state index contributed by atoms with van der Waals surface area (Å²) in [7, 11) is 0. The first-order valence-electron chi connectivity index (χ1n) is 13.0. The number of quaternary nitrogens is 1. The summed E-state index contributed by atoms with van der Waals surface area (Å²) in [5.74, 6) is 1.40. The molecule has 1 aliphatic rings. The van der Waals surface area contributed by atoms with Crippen molar-refractivity contribution in [1.29, 1.82) is 0 Å². The van der Waals surface area contributed by atoms with E-state index in [1.54, 1.807) is 4.90 Å². The Hall–Kier alpha value is -0.340. The van der Waals surface area contributed by atoms with Crippen LogP contribution in [0.15, 0.2) is 17.4 Å². The highest BCUT2D eigenvalue weighted by molar-refractivity contribution is 5.75. The van der Waals surface area contributed by atoms with Crippen LogP contribution >= 0.6 is 0 Å². The number of hydrogen-bond donors (Lipinski definition) is 1. The molecule has 0 amide bonds. The molecule has 1 unspecified atom stereocenters. The van der Waals surface area contributed by atoms with Gasteiger partial charge in [0.05, 0.1) is 12.7 Å². The molecule has 1 rings (SSSR count). The van der Waals surface area contributed by atoms with Crippen molar-refractivity contribution in [1.82, 2.24) is 0 Å². The van der Waals surface area contributed by atoms with E-state index in [0.717, 1.165) is 0 Å². The predicted molar refractivity (Wildman–Crippen MR) is 126 cm³/mol. The molecule has 0 aliphatic carbocycles. The molecule has 1 atom stereocenters. The largest absolute Gasteiger partial charge is 1.00 e. The molecule has 29 heavy (non-hydrogen) atoms. The summed E-state index contributed by atoms with van der Waals surface area (Å²) in [5.41, 5.74) is 0.